The highest BCUT2D eigenvalue weighted by atomic mass is 16.7. The normalized spacial score (nSPS) is 53.6. The highest BCUT2D eigenvalue weighted by molar-refractivity contribution is 5.73. The first-order valence-corrected chi connectivity index (χ1v) is 24.9. The molecule has 7 aliphatic heterocycles. The summed E-state index contributed by atoms with van der Waals surface area (Å²) in [5, 5.41) is 32.3. The van der Waals surface area contributed by atoms with Crippen molar-refractivity contribution in [2.24, 2.45) is 29.6 Å². The van der Waals surface area contributed by atoms with Gasteiger partial charge in [-0.05, 0) is 87.0 Å². The van der Waals surface area contributed by atoms with Gasteiger partial charge in [0.25, 0.3) is 0 Å². The van der Waals surface area contributed by atoms with E-state index in [0.29, 0.717) is 12.8 Å². The number of hydrogen-bond acceptors (Lipinski definition) is 15. The molecule has 0 aromatic heterocycles. The molecule has 382 valence electrons. The number of aliphatic carboxylic acids is 1. The van der Waals surface area contributed by atoms with E-state index < -0.39 is 75.9 Å². The Hall–Kier alpha value is -1.09. The Morgan fingerprint density at radius 3 is 2.03 bits per heavy atom. The highest BCUT2D eigenvalue weighted by Crippen LogP contribution is 2.58. The van der Waals surface area contributed by atoms with Gasteiger partial charge in [-0.2, -0.15) is 0 Å². The van der Waals surface area contributed by atoms with Crippen LogP contribution in [0, 0.1) is 29.6 Å². The van der Waals surface area contributed by atoms with Crippen LogP contribution in [0.1, 0.15) is 141 Å². The molecule has 16 nitrogen and oxygen atoms in total. The van der Waals surface area contributed by atoms with E-state index in [1.165, 1.54) is 14.2 Å². The number of methoxy groups -OCH3 is 4. The van der Waals surface area contributed by atoms with Gasteiger partial charge in [0, 0.05) is 77.3 Å². The lowest BCUT2D eigenvalue weighted by Gasteiger charge is -2.60. The molecule has 7 aliphatic rings. The minimum Gasteiger partial charge on any atom is -0.479 e. The summed E-state index contributed by atoms with van der Waals surface area (Å²) in [5.74, 6) is -6.24. The molecule has 23 atom stereocenters. The molecule has 7 rings (SSSR count). The molecule has 0 unspecified atom stereocenters. The van der Waals surface area contributed by atoms with Gasteiger partial charge in [-0.1, -0.05) is 34.6 Å². The molecule has 0 aliphatic carbocycles. The molecule has 0 aromatic rings. The second-order valence-electron chi connectivity index (χ2n) is 22.7. The Bertz CT molecular complexity index is 1700. The average molecular weight is 943 g/mol. The zero-order valence-corrected chi connectivity index (χ0v) is 42.8. The molecule has 0 bridgehead atoms. The maximum absolute atomic E-state index is 12.0. The van der Waals surface area contributed by atoms with Crippen LogP contribution in [0.25, 0.3) is 0 Å². The van der Waals surface area contributed by atoms with Gasteiger partial charge in [-0.3, -0.25) is 0 Å². The summed E-state index contributed by atoms with van der Waals surface area (Å²) in [7, 11) is 6.42. The first-order chi connectivity index (χ1) is 30.7. The van der Waals surface area contributed by atoms with E-state index in [0.717, 1.165) is 38.5 Å². The van der Waals surface area contributed by atoms with Crippen LogP contribution in [-0.2, 0) is 61.6 Å². The molecule has 0 saturated carbocycles. The van der Waals surface area contributed by atoms with Crippen molar-refractivity contribution in [1.29, 1.82) is 0 Å². The van der Waals surface area contributed by atoms with Crippen LogP contribution in [0.3, 0.4) is 0 Å². The third kappa shape index (κ3) is 8.66. The number of hydrogen-bond donors (Lipinski definition) is 3. The lowest BCUT2D eigenvalue weighted by atomic mass is 9.65. The smallest absolute Gasteiger partial charge is 0.338 e. The predicted molar refractivity (Wildman–Crippen MR) is 240 cm³/mol. The molecule has 7 fully saturated rings. The van der Waals surface area contributed by atoms with Gasteiger partial charge in [0.2, 0.25) is 11.9 Å². The van der Waals surface area contributed by atoms with Crippen LogP contribution in [0.15, 0.2) is 0 Å². The fraction of sp³-hybridized carbons (Fsp3) is 0.980. The minimum atomic E-state index is -2.47. The molecule has 7 heterocycles. The second kappa shape index (κ2) is 18.8. The summed E-state index contributed by atoms with van der Waals surface area (Å²) >= 11 is 0. The quantitative estimate of drug-likeness (QED) is 0.190. The van der Waals surface area contributed by atoms with Gasteiger partial charge in [0.05, 0.1) is 83.4 Å². The Morgan fingerprint density at radius 2 is 1.42 bits per heavy atom. The van der Waals surface area contributed by atoms with Crippen LogP contribution in [0.4, 0.5) is 0 Å². The van der Waals surface area contributed by atoms with Crippen molar-refractivity contribution in [3.63, 3.8) is 0 Å². The van der Waals surface area contributed by atoms with Gasteiger partial charge in [0.1, 0.15) is 5.60 Å². The van der Waals surface area contributed by atoms with E-state index in [1.54, 1.807) is 21.1 Å². The summed E-state index contributed by atoms with van der Waals surface area (Å²) in [6, 6.07) is 0. The van der Waals surface area contributed by atoms with Crippen LogP contribution < -0.4 is 0 Å². The zero-order chi connectivity index (χ0) is 48.7. The number of ether oxygens (including phenoxy) is 12. The molecule has 1 spiro atoms. The predicted octanol–water partition coefficient (Wildman–Crippen LogP) is 6.17. The summed E-state index contributed by atoms with van der Waals surface area (Å²) in [4.78, 5) is 12.0. The number of carbonyl (C=O) groups is 1. The topological polar surface area (TPSA) is 189 Å². The van der Waals surface area contributed by atoms with Gasteiger partial charge in [-0.15, -0.1) is 0 Å². The standard InChI is InChI=1S/C50H86O16/c1-26-25-45(9,66-50(26)27(2)36(56-14)23-32(62-50)24-38-47(11,58-16)42(57-15)30(5)49(54,64-38)41(51)43(52)53)37-19-17-34(60-37)35-21-22-46(10,63-35)48(12)29(4)40(28(3)44(7,8)65-48)61-39-20-18-33(55-13)31(6)59-39/h26-42,51,54H,17-25H2,1-16H3,(H,52,53)/t26-,27-,28-,29+,30+,31-,32+,33+,34+,35-,36-,37-,38+,39+,40-,41+,42+,45+,46-,47+,48+,49+,50-/m1/s1. The average Bonchev–Trinajstić information content (AvgIpc) is 3.99. The summed E-state index contributed by atoms with van der Waals surface area (Å²) in [6.45, 7) is 25.0. The molecule has 66 heavy (non-hydrogen) atoms. The fourth-order valence-corrected chi connectivity index (χ4v) is 13.9. The van der Waals surface area contributed by atoms with E-state index in [-0.39, 0.29) is 79.1 Å². The van der Waals surface area contributed by atoms with Crippen molar-refractivity contribution in [2.45, 2.75) is 254 Å². The van der Waals surface area contributed by atoms with Crippen molar-refractivity contribution in [3.05, 3.63) is 0 Å². The van der Waals surface area contributed by atoms with Gasteiger partial charge < -0.3 is 72.2 Å². The van der Waals surface area contributed by atoms with E-state index in [1.807, 2.05) is 6.92 Å². The van der Waals surface area contributed by atoms with Crippen LogP contribution in [-0.4, -0.2) is 163 Å². The molecular formula is C50H86O16. The maximum atomic E-state index is 12.0. The van der Waals surface area contributed by atoms with Crippen molar-refractivity contribution in [1.82, 2.24) is 0 Å². The van der Waals surface area contributed by atoms with E-state index >= 15 is 0 Å². The molecule has 0 amide bonds. The first kappa shape index (κ1) is 52.7. The van der Waals surface area contributed by atoms with Crippen LogP contribution in [0.2, 0.25) is 0 Å². The Morgan fingerprint density at radius 1 is 0.742 bits per heavy atom. The second-order valence-corrected chi connectivity index (χ2v) is 22.7. The zero-order valence-electron chi connectivity index (χ0n) is 42.8. The van der Waals surface area contributed by atoms with Crippen molar-refractivity contribution in [3.8, 4) is 0 Å². The monoisotopic (exact) mass is 943 g/mol. The first-order valence-electron chi connectivity index (χ1n) is 24.9. The van der Waals surface area contributed by atoms with Crippen molar-refractivity contribution in [2.75, 3.05) is 28.4 Å². The van der Waals surface area contributed by atoms with Gasteiger partial charge in [-0.25, -0.2) is 4.79 Å². The van der Waals surface area contributed by atoms with Gasteiger partial charge >= 0.3 is 5.97 Å². The third-order valence-electron chi connectivity index (χ3n) is 18.7. The molecule has 7 saturated heterocycles. The Balaban J connectivity index is 1.05. The summed E-state index contributed by atoms with van der Waals surface area (Å²) in [5.41, 5.74) is -3.60. The third-order valence-corrected chi connectivity index (χ3v) is 18.7. The summed E-state index contributed by atoms with van der Waals surface area (Å²) in [6.07, 6.45) is 0.542. The molecule has 0 aromatic carbocycles. The lowest BCUT2D eigenvalue weighted by Crippen LogP contribution is -2.72. The van der Waals surface area contributed by atoms with E-state index in [9.17, 15) is 20.1 Å². The number of aliphatic hydroxyl groups is 2. The van der Waals surface area contributed by atoms with Crippen molar-refractivity contribution < 1.29 is 77.0 Å². The number of carboxylic acids is 1. The molecular weight excluding hydrogens is 857 g/mol. The van der Waals surface area contributed by atoms with E-state index in [4.69, 9.17) is 56.8 Å². The summed E-state index contributed by atoms with van der Waals surface area (Å²) < 4.78 is 79.1. The SMILES string of the molecule is CO[C@H]1CC[C@H](O[C@@H]2[C@@H](C)C(C)(C)O[C@](C)([C@@]3(C)CC[C@H]([C@@H]4CC[C@H]([C@]5(C)C[C@@H](C)[C@@]6(O[C@H](C[C@@H]7O[C@](O)([C@@H](O)C(=O)O)[C@@H](C)[C@H](OC)[C@@]7(C)OC)C[C@@H](OC)[C@H]6C)O5)O4)O3)[C@H]2C)O[C@@H]1C. The molecule has 16 heteroatoms. The molecule has 3 N–H and O–H groups in total. The van der Waals surface area contributed by atoms with Crippen LogP contribution >= 0.6 is 0 Å². The molecule has 0 radical (unpaired) electrons. The number of aliphatic hydroxyl groups excluding tert-OH is 1. The lowest BCUT2D eigenvalue weighted by molar-refractivity contribution is -0.389. The van der Waals surface area contributed by atoms with E-state index in [2.05, 4.69) is 69.2 Å². The van der Waals surface area contributed by atoms with Gasteiger partial charge in [0.15, 0.2) is 12.1 Å². The number of rotatable bonds is 13. The maximum Gasteiger partial charge on any atom is 0.338 e. The largest absolute Gasteiger partial charge is 0.479 e. The Labute approximate surface area is 393 Å². The fourth-order valence-electron chi connectivity index (χ4n) is 13.9. The minimum absolute atomic E-state index is 0.00157. The Kier molecular flexibility index (Phi) is 15.0. The van der Waals surface area contributed by atoms with Crippen molar-refractivity contribution >= 4 is 5.97 Å². The van der Waals surface area contributed by atoms with Crippen LogP contribution in [0.5, 0.6) is 0 Å². The highest BCUT2D eigenvalue weighted by Gasteiger charge is 2.68. The number of carboxylic acid groups (broad SMARTS) is 1.